The molecule has 0 unspecified atom stereocenters. The number of anilines is 2. The van der Waals surface area contributed by atoms with Gasteiger partial charge in [0, 0.05) is 34.9 Å². The summed E-state index contributed by atoms with van der Waals surface area (Å²) in [7, 11) is 0. The molecule has 0 atom stereocenters. The summed E-state index contributed by atoms with van der Waals surface area (Å²) < 4.78 is 0. The van der Waals surface area contributed by atoms with E-state index < -0.39 is 0 Å². The number of aliphatic imine (C=N–C) groups is 2. The molecule has 0 spiro atoms. The predicted molar refractivity (Wildman–Crippen MR) is 226 cm³/mol. The van der Waals surface area contributed by atoms with E-state index in [4.69, 9.17) is 20.0 Å². The molecule has 0 aliphatic carbocycles. The Morgan fingerprint density at radius 3 is 1.07 bits per heavy atom. The summed E-state index contributed by atoms with van der Waals surface area (Å²) in [5.41, 5.74) is 9.35. The summed E-state index contributed by atoms with van der Waals surface area (Å²) in [5, 5.41) is 0. The van der Waals surface area contributed by atoms with Crippen LogP contribution in [0.1, 0.15) is 66.8 Å². The highest BCUT2D eigenvalue weighted by Crippen LogP contribution is 2.44. The SMILES string of the molecule is CC1(C)N=C(c2ccc(-c3cc(-c4ccccc4)cc(-c4ccc(C5=NC(C)(C)C(C)(C)N5c5ccccc5)nc4)c3)cn2)N(c2ccccc2)C1(C)C. The van der Waals surface area contributed by atoms with Crippen LogP contribution in [-0.4, -0.2) is 43.8 Å². The van der Waals surface area contributed by atoms with Crippen LogP contribution >= 0.6 is 0 Å². The molecule has 0 saturated carbocycles. The maximum Gasteiger partial charge on any atom is 0.155 e. The first-order valence-electron chi connectivity index (χ1n) is 18.8. The van der Waals surface area contributed by atoms with Crippen LogP contribution in [0.5, 0.6) is 0 Å². The predicted octanol–water partition coefficient (Wildman–Crippen LogP) is 11.1. The zero-order valence-corrected chi connectivity index (χ0v) is 32.5. The first kappa shape index (κ1) is 35.2. The highest BCUT2D eigenvalue weighted by atomic mass is 15.4. The quantitative estimate of drug-likeness (QED) is 0.166. The van der Waals surface area contributed by atoms with Crippen LogP contribution in [-0.2, 0) is 0 Å². The van der Waals surface area contributed by atoms with E-state index in [2.05, 4.69) is 199 Å². The number of hydrogen-bond acceptors (Lipinski definition) is 6. The average Bonchev–Trinajstić information content (AvgIpc) is 3.50. The van der Waals surface area contributed by atoms with Gasteiger partial charge in [-0.3, -0.25) is 20.0 Å². The topological polar surface area (TPSA) is 57.0 Å². The molecule has 2 aliphatic rings. The Hall–Kier alpha value is -5.88. The summed E-state index contributed by atoms with van der Waals surface area (Å²) in [6, 6.07) is 46.8. The van der Waals surface area contributed by atoms with Gasteiger partial charge in [-0.2, -0.15) is 0 Å². The highest BCUT2D eigenvalue weighted by molar-refractivity contribution is 6.12. The third-order valence-corrected chi connectivity index (χ3v) is 12.0. The Labute approximate surface area is 320 Å². The molecule has 0 N–H and O–H groups in total. The van der Waals surface area contributed by atoms with Crippen molar-refractivity contribution >= 4 is 23.0 Å². The fourth-order valence-corrected chi connectivity index (χ4v) is 7.52. The summed E-state index contributed by atoms with van der Waals surface area (Å²) in [6.07, 6.45) is 3.96. The molecule has 0 fully saturated rings. The minimum Gasteiger partial charge on any atom is -0.317 e. The zero-order valence-electron chi connectivity index (χ0n) is 32.5. The average molecular weight is 709 g/mol. The van der Waals surface area contributed by atoms with Gasteiger partial charge < -0.3 is 9.80 Å². The molecule has 8 rings (SSSR count). The second kappa shape index (κ2) is 12.9. The van der Waals surface area contributed by atoms with Crippen LogP contribution in [0.25, 0.3) is 33.4 Å². The van der Waals surface area contributed by atoms with E-state index in [1.807, 2.05) is 12.4 Å². The van der Waals surface area contributed by atoms with Crippen LogP contribution in [0.15, 0.2) is 156 Å². The number of amidine groups is 2. The van der Waals surface area contributed by atoms with Crippen molar-refractivity contribution in [2.45, 2.75) is 77.5 Å². The lowest BCUT2D eigenvalue weighted by molar-refractivity contribution is 0.338. The first-order valence-corrected chi connectivity index (χ1v) is 18.8. The monoisotopic (exact) mass is 708 g/mol. The molecule has 0 bridgehead atoms. The molecule has 2 aliphatic heterocycles. The summed E-state index contributed by atoms with van der Waals surface area (Å²) in [6.45, 7) is 17.8. The zero-order chi connectivity index (χ0) is 37.9. The molecular formula is C48H48N6. The van der Waals surface area contributed by atoms with E-state index in [9.17, 15) is 0 Å². The molecule has 4 heterocycles. The molecule has 4 aromatic carbocycles. The summed E-state index contributed by atoms with van der Waals surface area (Å²) >= 11 is 0. The Morgan fingerprint density at radius 1 is 0.370 bits per heavy atom. The molecule has 6 aromatic rings. The second-order valence-electron chi connectivity index (χ2n) is 16.5. The minimum atomic E-state index is -0.308. The number of hydrogen-bond donors (Lipinski definition) is 0. The van der Waals surface area contributed by atoms with Gasteiger partial charge >= 0.3 is 0 Å². The van der Waals surface area contributed by atoms with E-state index in [1.165, 1.54) is 0 Å². The highest BCUT2D eigenvalue weighted by Gasteiger charge is 2.51. The molecule has 6 heteroatoms. The van der Waals surface area contributed by atoms with Gasteiger partial charge in [0.25, 0.3) is 0 Å². The van der Waals surface area contributed by atoms with Gasteiger partial charge in [-0.1, -0.05) is 78.9 Å². The Balaban J connectivity index is 1.16. The molecule has 270 valence electrons. The molecule has 2 aromatic heterocycles. The first-order chi connectivity index (χ1) is 25.8. The minimum absolute atomic E-state index is 0.247. The Bertz CT molecular complexity index is 2210. The van der Waals surface area contributed by atoms with E-state index in [1.54, 1.807) is 0 Å². The molecule has 0 amide bonds. The van der Waals surface area contributed by atoms with Crippen molar-refractivity contribution in [1.82, 2.24) is 9.97 Å². The van der Waals surface area contributed by atoms with Crippen molar-refractivity contribution in [2.24, 2.45) is 9.98 Å². The van der Waals surface area contributed by atoms with Crippen molar-refractivity contribution in [1.29, 1.82) is 0 Å². The van der Waals surface area contributed by atoms with Crippen molar-refractivity contribution in [3.8, 4) is 33.4 Å². The number of pyridine rings is 2. The smallest absolute Gasteiger partial charge is 0.155 e. The molecule has 6 nitrogen and oxygen atoms in total. The molecule has 0 radical (unpaired) electrons. The van der Waals surface area contributed by atoms with Crippen molar-refractivity contribution < 1.29 is 0 Å². The van der Waals surface area contributed by atoms with E-state index in [-0.39, 0.29) is 22.2 Å². The van der Waals surface area contributed by atoms with Gasteiger partial charge in [0.15, 0.2) is 11.7 Å². The number of nitrogens with zero attached hydrogens (tertiary/aromatic N) is 6. The van der Waals surface area contributed by atoms with Crippen LogP contribution < -0.4 is 9.80 Å². The third kappa shape index (κ3) is 5.90. The molecular weight excluding hydrogens is 661 g/mol. The number of para-hydroxylation sites is 2. The fourth-order valence-electron chi connectivity index (χ4n) is 7.52. The lowest BCUT2D eigenvalue weighted by atomic mass is 9.83. The maximum atomic E-state index is 5.25. The third-order valence-electron chi connectivity index (χ3n) is 12.0. The van der Waals surface area contributed by atoms with Crippen LogP contribution in [0.4, 0.5) is 11.4 Å². The van der Waals surface area contributed by atoms with E-state index in [0.29, 0.717) is 0 Å². The molecule has 54 heavy (non-hydrogen) atoms. The van der Waals surface area contributed by atoms with Gasteiger partial charge in [-0.05, 0) is 132 Å². The van der Waals surface area contributed by atoms with Gasteiger partial charge in [0.2, 0.25) is 0 Å². The summed E-state index contributed by atoms with van der Waals surface area (Å²) in [4.78, 5) is 25.3. The normalized spacial score (nSPS) is 18.0. The van der Waals surface area contributed by atoms with Crippen molar-refractivity contribution in [3.63, 3.8) is 0 Å². The summed E-state index contributed by atoms with van der Waals surface area (Å²) in [5.74, 6) is 1.77. The standard InChI is InChI=1S/C48H48N6/c1-45(2)47(5,6)53(39-20-14-10-15-21-39)43(51-45)41-26-24-34(31-49-41)37-28-36(33-18-12-9-13-19-33)29-38(30-37)35-25-27-42(50-32-35)44-52-46(3,4)48(7,8)54(44)40-22-16-11-17-23-40/h9-32H,1-8H3. The van der Waals surface area contributed by atoms with Gasteiger partial charge in [-0.25, -0.2) is 0 Å². The second-order valence-corrected chi connectivity index (χ2v) is 16.5. The maximum absolute atomic E-state index is 5.25. The number of aromatic nitrogens is 2. The van der Waals surface area contributed by atoms with Crippen LogP contribution in [0.3, 0.4) is 0 Å². The number of benzene rings is 4. The van der Waals surface area contributed by atoms with E-state index >= 15 is 0 Å². The molecule has 0 saturated heterocycles. The van der Waals surface area contributed by atoms with Crippen molar-refractivity contribution in [2.75, 3.05) is 9.80 Å². The Kier molecular flexibility index (Phi) is 8.41. The van der Waals surface area contributed by atoms with Gasteiger partial charge in [0.1, 0.15) is 11.4 Å². The lowest BCUT2D eigenvalue weighted by Crippen LogP contribution is -2.53. The van der Waals surface area contributed by atoms with Gasteiger partial charge in [0.05, 0.1) is 22.2 Å². The van der Waals surface area contributed by atoms with Gasteiger partial charge in [-0.15, -0.1) is 0 Å². The lowest BCUT2D eigenvalue weighted by Gasteiger charge is -2.41. The fraction of sp³-hybridized carbons (Fsp3) is 0.250. The largest absolute Gasteiger partial charge is 0.317 e. The van der Waals surface area contributed by atoms with Crippen LogP contribution in [0, 0.1) is 0 Å². The van der Waals surface area contributed by atoms with E-state index in [0.717, 1.165) is 67.8 Å². The number of rotatable bonds is 7. The van der Waals surface area contributed by atoms with Crippen LogP contribution in [0.2, 0.25) is 0 Å². The van der Waals surface area contributed by atoms with Crippen molar-refractivity contribution in [3.05, 3.63) is 157 Å². The Morgan fingerprint density at radius 2 is 0.722 bits per heavy atom.